The summed E-state index contributed by atoms with van der Waals surface area (Å²) in [6.45, 7) is 6.43. The van der Waals surface area contributed by atoms with Gasteiger partial charge in [0.15, 0.2) is 0 Å². The first kappa shape index (κ1) is 33.0. The number of aryl methyl sites for hydroxylation is 2. The zero-order chi connectivity index (χ0) is 31.5. The van der Waals surface area contributed by atoms with Crippen molar-refractivity contribution >= 4 is 88.0 Å². The number of para-hydroxylation sites is 2. The molecule has 0 unspecified atom stereocenters. The van der Waals surface area contributed by atoms with Gasteiger partial charge in [0.2, 0.25) is 0 Å². The van der Waals surface area contributed by atoms with Crippen LogP contribution in [0.15, 0.2) is 112 Å². The molecule has 240 valence electrons. The number of furan rings is 2. The van der Waals surface area contributed by atoms with Crippen molar-refractivity contribution in [3.05, 3.63) is 118 Å². The van der Waals surface area contributed by atoms with Gasteiger partial charge >= 0.3 is 0 Å². The lowest BCUT2D eigenvalue weighted by Crippen LogP contribution is -1.85. The van der Waals surface area contributed by atoms with E-state index in [1.807, 2.05) is 6.07 Å². The van der Waals surface area contributed by atoms with Gasteiger partial charge in [0.1, 0.15) is 22.3 Å². The van der Waals surface area contributed by atoms with E-state index in [1.54, 1.807) is 0 Å². The Hall–Kier alpha value is -3.87. The molecule has 0 spiro atoms. The van der Waals surface area contributed by atoms with E-state index >= 15 is 0 Å². The summed E-state index contributed by atoms with van der Waals surface area (Å²) < 4.78 is 18.5. The second kappa shape index (κ2) is 14.9. The first-order chi connectivity index (χ1) is 22.7. The molecule has 0 bridgehead atoms. The second-order valence-electron chi connectivity index (χ2n) is 12.1. The van der Waals surface area contributed by atoms with Gasteiger partial charge in [-0.15, -0.1) is 0 Å². The van der Waals surface area contributed by atoms with Crippen LogP contribution in [-0.2, 0) is 17.6 Å². The third-order valence-electron chi connectivity index (χ3n) is 8.83. The van der Waals surface area contributed by atoms with Crippen LogP contribution in [0.2, 0.25) is 0 Å². The smallest absolute Gasteiger partial charge is 0.148 e. The average molecular weight is 735 g/mol. The minimum atomic E-state index is 0. The minimum absolute atomic E-state index is 0. The summed E-state index contributed by atoms with van der Waals surface area (Å²) in [5.41, 5.74) is 6.76. The van der Waals surface area contributed by atoms with Gasteiger partial charge < -0.3 is 13.6 Å². The molecular formula is C43H43IO3. The molecule has 4 heteroatoms. The molecule has 2 aromatic heterocycles. The molecule has 0 N–H and O–H groups in total. The highest BCUT2D eigenvalue weighted by Gasteiger charge is 2.16. The Balaban J connectivity index is 0.000000141. The molecular weight excluding hydrogens is 691 g/mol. The summed E-state index contributed by atoms with van der Waals surface area (Å²) >= 11 is 2.36. The summed E-state index contributed by atoms with van der Waals surface area (Å²) in [5, 5.41) is 10.2. The van der Waals surface area contributed by atoms with Crippen LogP contribution in [0.4, 0.5) is 0 Å². The molecule has 8 aromatic rings. The van der Waals surface area contributed by atoms with Crippen molar-refractivity contribution in [1.82, 2.24) is 0 Å². The molecule has 6 aromatic carbocycles. The lowest BCUT2D eigenvalue weighted by Gasteiger charge is -2.05. The average Bonchev–Trinajstić information content (AvgIpc) is 3.87. The van der Waals surface area contributed by atoms with Crippen molar-refractivity contribution in [2.24, 2.45) is 0 Å². The Morgan fingerprint density at radius 1 is 0.553 bits per heavy atom. The Kier molecular flexibility index (Phi) is 10.5. The molecule has 3 nitrogen and oxygen atoms in total. The number of fused-ring (bicyclic) bond motifs is 10. The Morgan fingerprint density at radius 2 is 1.06 bits per heavy atom. The highest BCUT2D eigenvalue weighted by Crippen LogP contribution is 2.39. The molecule has 1 aliphatic rings. The van der Waals surface area contributed by atoms with E-state index in [4.69, 9.17) is 13.6 Å². The van der Waals surface area contributed by atoms with Gasteiger partial charge in [-0.05, 0) is 105 Å². The van der Waals surface area contributed by atoms with Gasteiger partial charge in [-0.3, -0.25) is 0 Å². The van der Waals surface area contributed by atoms with Crippen molar-refractivity contribution in [3.8, 4) is 0 Å². The fourth-order valence-corrected chi connectivity index (χ4v) is 7.35. The van der Waals surface area contributed by atoms with Crippen LogP contribution in [-0.4, -0.2) is 13.2 Å². The van der Waals surface area contributed by atoms with Crippen molar-refractivity contribution < 1.29 is 13.6 Å². The highest BCUT2D eigenvalue weighted by atomic mass is 127. The molecule has 1 aliphatic heterocycles. The maximum absolute atomic E-state index is 6.27. The lowest BCUT2D eigenvalue weighted by atomic mass is 9.98. The first-order valence-electron chi connectivity index (χ1n) is 16.6. The normalized spacial score (nSPS) is 12.7. The van der Waals surface area contributed by atoms with Crippen molar-refractivity contribution in [2.45, 2.75) is 59.8 Å². The van der Waals surface area contributed by atoms with E-state index in [0.29, 0.717) is 0 Å². The topological polar surface area (TPSA) is 35.5 Å². The number of rotatable bonds is 4. The summed E-state index contributed by atoms with van der Waals surface area (Å²) in [4.78, 5) is 0. The van der Waals surface area contributed by atoms with Gasteiger partial charge in [-0.25, -0.2) is 0 Å². The standard InChI is InChI=1S/C19H15IO.C19H16O.C4H8O.CH4/c1-2-6-13-11-12-7-3-4-8-14(12)17-15-9-5-10-16(20)19(15)21-18(13)17;1-2-7-14-12-13-8-3-4-9-15(13)18-16-10-5-6-11-17(16)20-19(14)18;1-2-4-5-3-1;/h3-5,7-11H,2,6H2,1H3;3-6,8-12H,2,7H2,1H3;1-4H2;1H4. The van der Waals surface area contributed by atoms with E-state index in [-0.39, 0.29) is 7.43 Å². The van der Waals surface area contributed by atoms with E-state index in [9.17, 15) is 0 Å². The fraction of sp³-hybridized carbons (Fsp3) is 0.256. The van der Waals surface area contributed by atoms with Crippen LogP contribution < -0.4 is 0 Å². The third-order valence-corrected chi connectivity index (χ3v) is 9.68. The van der Waals surface area contributed by atoms with Crippen molar-refractivity contribution in [2.75, 3.05) is 13.2 Å². The van der Waals surface area contributed by atoms with Gasteiger partial charge in [-0.1, -0.05) is 113 Å². The van der Waals surface area contributed by atoms with Gasteiger partial charge in [-0.2, -0.15) is 0 Å². The number of benzene rings is 6. The van der Waals surface area contributed by atoms with Gasteiger partial charge in [0.05, 0.1) is 3.57 Å². The Bertz CT molecular complexity index is 2280. The molecule has 1 saturated heterocycles. The summed E-state index contributed by atoms with van der Waals surface area (Å²) in [6, 6.07) is 36.5. The molecule has 0 saturated carbocycles. The van der Waals surface area contributed by atoms with E-state index in [0.717, 1.165) is 61.2 Å². The minimum Gasteiger partial charge on any atom is -0.456 e. The van der Waals surface area contributed by atoms with Gasteiger partial charge in [0, 0.05) is 34.8 Å². The van der Waals surface area contributed by atoms with Crippen LogP contribution in [0.25, 0.3) is 65.4 Å². The van der Waals surface area contributed by atoms with E-state index in [2.05, 4.69) is 134 Å². The summed E-state index contributed by atoms with van der Waals surface area (Å²) in [5.74, 6) is 0. The molecule has 0 atom stereocenters. The quantitative estimate of drug-likeness (QED) is 0.169. The predicted octanol–water partition coefficient (Wildman–Crippen LogP) is 13.4. The SMILES string of the molecule is C.C1CCOC1.CCCc1cc2ccccc2c2c1oc1c(I)cccc12.CCCc1cc2ccccc2c2c1oc1ccccc12. The third kappa shape index (κ3) is 6.50. The lowest BCUT2D eigenvalue weighted by molar-refractivity contribution is 0.198. The number of hydrogen-bond donors (Lipinski definition) is 0. The van der Waals surface area contributed by atoms with Gasteiger partial charge in [0.25, 0.3) is 0 Å². The summed E-state index contributed by atoms with van der Waals surface area (Å²) in [6.07, 6.45) is 6.92. The summed E-state index contributed by atoms with van der Waals surface area (Å²) in [7, 11) is 0. The molecule has 9 rings (SSSR count). The van der Waals surface area contributed by atoms with Crippen LogP contribution in [0.3, 0.4) is 0 Å². The Morgan fingerprint density at radius 3 is 1.64 bits per heavy atom. The van der Waals surface area contributed by atoms with E-state index < -0.39 is 0 Å². The molecule has 47 heavy (non-hydrogen) atoms. The maximum atomic E-state index is 6.27. The maximum Gasteiger partial charge on any atom is 0.148 e. The van der Waals surface area contributed by atoms with Crippen LogP contribution in [0.5, 0.6) is 0 Å². The number of ether oxygens (including phenoxy) is 1. The zero-order valence-electron chi connectivity index (χ0n) is 26.6. The van der Waals surface area contributed by atoms with Crippen LogP contribution in [0.1, 0.15) is 58.1 Å². The van der Waals surface area contributed by atoms with E-state index in [1.165, 1.54) is 70.6 Å². The van der Waals surface area contributed by atoms with Crippen LogP contribution >= 0.6 is 22.6 Å². The predicted molar refractivity (Wildman–Crippen MR) is 210 cm³/mol. The Labute approximate surface area is 291 Å². The highest BCUT2D eigenvalue weighted by molar-refractivity contribution is 14.1. The second-order valence-corrected chi connectivity index (χ2v) is 13.2. The monoisotopic (exact) mass is 734 g/mol. The van der Waals surface area contributed by atoms with Crippen LogP contribution in [0, 0.1) is 3.57 Å². The zero-order valence-corrected chi connectivity index (χ0v) is 28.7. The number of halogens is 1. The fourth-order valence-electron chi connectivity index (χ4n) is 6.75. The molecule has 0 aliphatic carbocycles. The number of hydrogen-bond acceptors (Lipinski definition) is 3. The first-order valence-corrected chi connectivity index (χ1v) is 17.7. The molecule has 0 amide bonds. The van der Waals surface area contributed by atoms with Crippen molar-refractivity contribution in [1.29, 1.82) is 0 Å². The largest absolute Gasteiger partial charge is 0.456 e. The molecule has 3 heterocycles. The molecule has 1 fully saturated rings. The molecule has 0 radical (unpaired) electrons. The van der Waals surface area contributed by atoms with Crippen molar-refractivity contribution in [3.63, 3.8) is 0 Å².